The summed E-state index contributed by atoms with van der Waals surface area (Å²) in [5, 5.41) is 10.5. The van der Waals surface area contributed by atoms with Gasteiger partial charge in [0.25, 0.3) is 0 Å². The molecule has 6 heteroatoms. The lowest BCUT2D eigenvalue weighted by atomic mass is 10.2. The third kappa shape index (κ3) is 4.68. The van der Waals surface area contributed by atoms with Gasteiger partial charge in [0.15, 0.2) is 0 Å². The van der Waals surface area contributed by atoms with E-state index in [2.05, 4.69) is 31.9 Å². The van der Waals surface area contributed by atoms with Crippen molar-refractivity contribution in [2.24, 2.45) is 0 Å². The predicted molar refractivity (Wildman–Crippen MR) is 88.6 cm³/mol. The van der Waals surface area contributed by atoms with Crippen molar-refractivity contribution in [2.45, 2.75) is 6.61 Å². The molecule has 0 aliphatic carbocycles. The smallest absolute Gasteiger partial charge is 0.235 e. The minimum atomic E-state index is -0.504. The lowest BCUT2D eigenvalue weighted by molar-refractivity contribution is -0.400. The average molecular weight is 413 g/mol. The zero-order valence-corrected chi connectivity index (χ0v) is 14.0. The Labute approximate surface area is 138 Å². The Kier molecular flexibility index (Phi) is 5.52. The number of nitro groups is 1. The lowest BCUT2D eigenvalue weighted by Crippen LogP contribution is -1.98. The van der Waals surface area contributed by atoms with E-state index < -0.39 is 4.92 Å². The molecular weight excluding hydrogens is 402 g/mol. The molecule has 108 valence electrons. The summed E-state index contributed by atoms with van der Waals surface area (Å²) in [5.41, 5.74) is 1.65. The van der Waals surface area contributed by atoms with Crippen LogP contribution in [-0.2, 0) is 6.61 Å². The fourth-order valence-electron chi connectivity index (χ4n) is 1.73. The van der Waals surface area contributed by atoms with Gasteiger partial charge in [-0.05, 0) is 33.6 Å². The molecule has 2 aromatic rings. The van der Waals surface area contributed by atoms with Crippen LogP contribution in [0.1, 0.15) is 11.1 Å². The van der Waals surface area contributed by atoms with Gasteiger partial charge in [0.1, 0.15) is 12.4 Å². The number of hydrogen-bond acceptors (Lipinski definition) is 3. The van der Waals surface area contributed by atoms with Crippen LogP contribution < -0.4 is 4.74 Å². The normalized spacial score (nSPS) is 10.8. The lowest BCUT2D eigenvalue weighted by Gasteiger charge is -2.12. The van der Waals surface area contributed by atoms with E-state index in [1.54, 1.807) is 6.07 Å². The van der Waals surface area contributed by atoms with Crippen molar-refractivity contribution in [1.29, 1.82) is 0 Å². The summed E-state index contributed by atoms with van der Waals surface area (Å²) in [6.07, 6.45) is 2.30. The number of hydrogen-bond donors (Lipinski definition) is 0. The van der Waals surface area contributed by atoms with E-state index in [-0.39, 0.29) is 0 Å². The largest absolute Gasteiger partial charge is 0.487 e. The molecule has 0 N–H and O–H groups in total. The van der Waals surface area contributed by atoms with Crippen molar-refractivity contribution in [2.75, 3.05) is 0 Å². The summed E-state index contributed by atoms with van der Waals surface area (Å²) in [6.45, 7) is 0.389. The minimum absolute atomic E-state index is 0.389. The molecule has 0 unspecified atom stereocenters. The molecule has 0 saturated carbocycles. The molecule has 0 fully saturated rings. The SMILES string of the molecule is O=[N+]([O-])/C=C/c1cc(Br)cc(Br)c1OCc1ccccc1. The molecule has 0 spiro atoms. The summed E-state index contributed by atoms with van der Waals surface area (Å²) >= 11 is 6.78. The summed E-state index contributed by atoms with van der Waals surface area (Å²) < 4.78 is 7.34. The Morgan fingerprint density at radius 1 is 1.19 bits per heavy atom. The Morgan fingerprint density at radius 3 is 2.57 bits per heavy atom. The molecule has 0 atom stereocenters. The van der Waals surface area contributed by atoms with Crippen LogP contribution in [0.2, 0.25) is 0 Å². The summed E-state index contributed by atoms with van der Waals surface area (Å²) in [4.78, 5) is 9.98. The molecule has 0 aromatic heterocycles. The molecule has 0 amide bonds. The molecule has 0 aliphatic heterocycles. The Bertz CT molecular complexity index is 672. The van der Waals surface area contributed by atoms with E-state index in [0.29, 0.717) is 17.9 Å². The third-order valence-corrected chi connectivity index (χ3v) is 3.69. The molecule has 0 heterocycles. The van der Waals surface area contributed by atoms with Gasteiger partial charge in [-0.2, -0.15) is 0 Å². The van der Waals surface area contributed by atoms with Crippen molar-refractivity contribution in [3.05, 3.63) is 78.9 Å². The van der Waals surface area contributed by atoms with E-state index in [4.69, 9.17) is 4.74 Å². The fraction of sp³-hybridized carbons (Fsp3) is 0.0667. The van der Waals surface area contributed by atoms with Gasteiger partial charge in [-0.15, -0.1) is 0 Å². The second-order valence-corrected chi connectivity index (χ2v) is 5.95. The van der Waals surface area contributed by atoms with Crippen LogP contribution >= 0.6 is 31.9 Å². The van der Waals surface area contributed by atoms with E-state index in [9.17, 15) is 10.1 Å². The quantitative estimate of drug-likeness (QED) is 0.510. The highest BCUT2D eigenvalue weighted by atomic mass is 79.9. The minimum Gasteiger partial charge on any atom is -0.487 e. The molecule has 21 heavy (non-hydrogen) atoms. The maximum atomic E-state index is 10.5. The van der Waals surface area contributed by atoms with Crippen LogP contribution in [-0.4, -0.2) is 4.92 Å². The summed E-state index contributed by atoms with van der Waals surface area (Å²) in [6, 6.07) is 13.3. The van der Waals surface area contributed by atoms with Crippen LogP contribution in [0.4, 0.5) is 0 Å². The van der Waals surface area contributed by atoms with Crippen molar-refractivity contribution < 1.29 is 9.66 Å². The fourth-order valence-corrected chi connectivity index (χ4v) is 3.10. The van der Waals surface area contributed by atoms with Crippen LogP contribution in [0.15, 0.2) is 57.6 Å². The molecule has 0 aliphatic rings. The Balaban J connectivity index is 2.26. The van der Waals surface area contributed by atoms with E-state index >= 15 is 0 Å². The topological polar surface area (TPSA) is 52.4 Å². The molecule has 2 rings (SSSR count). The maximum absolute atomic E-state index is 10.5. The molecule has 0 radical (unpaired) electrons. The number of nitrogens with zero attached hydrogens (tertiary/aromatic N) is 1. The van der Waals surface area contributed by atoms with Crippen LogP contribution in [0, 0.1) is 10.1 Å². The first kappa shape index (κ1) is 15.7. The third-order valence-electron chi connectivity index (χ3n) is 2.64. The molecule has 2 aromatic carbocycles. The van der Waals surface area contributed by atoms with Gasteiger partial charge in [0.2, 0.25) is 6.20 Å². The van der Waals surface area contributed by atoms with Gasteiger partial charge in [-0.1, -0.05) is 46.3 Å². The number of benzene rings is 2. The first-order valence-electron chi connectivity index (χ1n) is 6.04. The van der Waals surface area contributed by atoms with Crippen LogP contribution in [0.25, 0.3) is 6.08 Å². The zero-order valence-electron chi connectivity index (χ0n) is 10.8. The van der Waals surface area contributed by atoms with Gasteiger partial charge < -0.3 is 4.74 Å². The Hall–Kier alpha value is -1.66. The number of halogens is 2. The van der Waals surface area contributed by atoms with Gasteiger partial charge in [0.05, 0.1) is 9.40 Å². The average Bonchev–Trinajstić information content (AvgIpc) is 2.45. The molecule has 4 nitrogen and oxygen atoms in total. The van der Waals surface area contributed by atoms with Gasteiger partial charge in [-0.25, -0.2) is 0 Å². The van der Waals surface area contributed by atoms with Crippen LogP contribution in [0.5, 0.6) is 5.75 Å². The summed E-state index contributed by atoms with van der Waals surface area (Å²) in [5.74, 6) is 0.570. The zero-order chi connectivity index (χ0) is 15.2. The van der Waals surface area contributed by atoms with Crippen molar-refractivity contribution >= 4 is 37.9 Å². The summed E-state index contributed by atoms with van der Waals surface area (Å²) in [7, 11) is 0. The van der Waals surface area contributed by atoms with E-state index in [1.165, 1.54) is 6.08 Å². The van der Waals surface area contributed by atoms with Crippen molar-refractivity contribution in [3.8, 4) is 5.75 Å². The van der Waals surface area contributed by atoms with Gasteiger partial charge in [-0.3, -0.25) is 10.1 Å². The van der Waals surface area contributed by atoms with E-state index in [0.717, 1.165) is 20.7 Å². The highest BCUT2D eigenvalue weighted by molar-refractivity contribution is 9.11. The first-order valence-corrected chi connectivity index (χ1v) is 7.62. The second kappa shape index (κ2) is 7.38. The van der Waals surface area contributed by atoms with Crippen molar-refractivity contribution in [1.82, 2.24) is 0 Å². The standard InChI is InChI=1S/C15H11Br2NO3/c16-13-8-12(6-7-18(19)20)15(14(17)9-13)21-10-11-4-2-1-3-5-11/h1-9H,10H2/b7-6+. The van der Waals surface area contributed by atoms with Crippen molar-refractivity contribution in [3.63, 3.8) is 0 Å². The first-order chi connectivity index (χ1) is 10.1. The second-order valence-electron chi connectivity index (χ2n) is 4.18. The maximum Gasteiger partial charge on any atom is 0.235 e. The molecule has 0 bridgehead atoms. The number of rotatable bonds is 5. The molecule has 0 saturated heterocycles. The molecular formula is C15H11Br2NO3. The van der Waals surface area contributed by atoms with E-state index in [1.807, 2.05) is 36.4 Å². The number of ether oxygens (including phenoxy) is 1. The Morgan fingerprint density at radius 2 is 1.90 bits per heavy atom. The highest BCUT2D eigenvalue weighted by Gasteiger charge is 2.09. The van der Waals surface area contributed by atoms with Crippen LogP contribution in [0.3, 0.4) is 0 Å². The predicted octanol–water partition coefficient (Wildman–Crippen LogP) is 5.04. The van der Waals surface area contributed by atoms with Gasteiger partial charge >= 0.3 is 0 Å². The van der Waals surface area contributed by atoms with Gasteiger partial charge in [0, 0.05) is 16.1 Å². The monoisotopic (exact) mass is 411 g/mol. The highest BCUT2D eigenvalue weighted by Crippen LogP contribution is 2.34.